The Morgan fingerprint density at radius 3 is 1.32 bits per heavy atom. The Morgan fingerprint density at radius 2 is 0.841 bits per heavy atom. The van der Waals surface area contributed by atoms with Gasteiger partial charge < -0.3 is 24.6 Å². The number of ether oxygens (including phenoxy) is 2. The molecule has 0 aromatic heterocycles. The minimum Gasteiger partial charge on any atom is -0.462 e. The summed E-state index contributed by atoms with van der Waals surface area (Å²) in [5.41, 5.74) is 0. The Kier molecular flexibility index (Phi) is 45.4. The van der Waals surface area contributed by atoms with Crippen LogP contribution >= 0.6 is 7.82 Å². The molecular weight excluding hydrogens is 816 g/mol. The fourth-order valence-electron chi connectivity index (χ4n) is 6.49. The maximum atomic E-state index is 12.7. The summed E-state index contributed by atoms with van der Waals surface area (Å²) in [7, 11) is -4.64. The van der Waals surface area contributed by atoms with Gasteiger partial charge >= 0.3 is 19.8 Å². The summed E-state index contributed by atoms with van der Waals surface area (Å²) >= 11 is 0. The Labute approximate surface area is 384 Å². The minimum absolute atomic E-state index is 0.162. The first-order valence-corrected chi connectivity index (χ1v) is 26.4. The van der Waals surface area contributed by atoms with Crippen LogP contribution in [0.15, 0.2) is 72.9 Å². The van der Waals surface area contributed by atoms with Crippen molar-refractivity contribution in [3.05, 3.63) is 72.9 Å². The predicted molar refractivity (Wildman–Crippen MR) is 260 cm³/mol. The normalized spacial score (nSPS) is 14.3. The Hall–Kier alpha value is -2.59. The molecule has 0 aliphatic rings. The lowest BCUT2D eigenvalue weighted by molar-refractivity contribution is -0.161. The second kappa shape index (κ2) is 47.4. The van der Waals surface area contributed by atoms with Gasteiger partial charge in [0.25, 0.3) is 0 Å². The number of esters is 2. The average Bonchev–Trinajstić information content (AvgIpc) is 3.27. The first-order chi connectivity index (χ1) is 30.7. The van der Waals surface area contributed by atoms with Crippen LogP contribution in [-0.2, 0) is 32.7 Å². The molecule has 0 aromatic rings. The van der Waals surface area contributed by atoms with Gasteiger partial charge in [-0.2, -0.15) is 0 Å². The summed E-state index contributed by atoms with van der Waals surface area (Å²) in [6.07, 6.45) is 55.9. The maximum Gasteiger partial charge on any atom is 0.472 e. The Balaban J connectivity index is 4.32. The van der Waals surface area contributed by atoms with Gasteiger partial charge in [0.1, 0.15) is 12.7 Å². The number of aliphatic hydroxyl groups is 2. The van der Waals surface area contributed by atoms with E-state index in [1.807, 2.05) is 6.08 Å². The lowest BCUT2D eigenvalue weighted by Crippen LogP contribution is -2.29. The van der Waals surface area contributed by atoms with Gasteiger partial charge in [-0.15, -0.1) is 0 Å². The molecule has 0 rings (SSSR count). The van der Waals surface area contributed by atoms with Crippen molar-refractivity contribution in [2.45, 2.75) is 219 Å². The molecule has 10 nitrogen and oxygen atoms in total. The largest absolute Gasteiger partial charge is 0.472 e. The molecule has 364 valence electrons. The molecule has 0 aromatic carbocycles. The number of hydrogen-bond acceptors (Lipinski definition) is 9. The third-order valence-electron chi connectivity index (χ3n) is 10.3. The number of allylic oxidation sites excluding steroid dienone is 12. The second-order valence-electron chi connectivity index (χ2n) is 16.5. The molecule has 0 saturated carbocycles. The highest BCUT2D eigenvalue weighted by Gasteiger charge is 2.27. The first kappa shape index (κ1) is 60.4. The van der Waals surface area contributed by atoms with E-state index < -0.39 is 51.8 Å². The van der Waals surface area contributed by atoms with Crippen molar-refractivity contribution in [2.75, 3.05) is 26.4 Å². The van der Waals surface area contributed by atoms with Crippen LogP contribution < -0.4 is 0 Å². The molecule has 3 N–H and O–H groups in total. The number of phosphoric ester groups is 1. The van der Waals surface area contributed by atoms with Crippen LogP contribution in [0.2, 0.25) is 0 Å². The molecule has 1 unspecified atom stereocenters. The van der Waals surface area contributed by atoms with Crippen molar-refractivity contribution >= 4 is 19.8 Å². The SMILES string of the molecule is CCCCC/C=C/C/C=C/CCCCCCCCCCCC(=O)O[C@H](COC(=O)CCC/C=C/C/C=C/C/C=C/C/C=C/CCCCCCCCC)COP(=O)(O)OC[C@@H](O)CO. The summed E-state index contributed by atoms with van der Waals surface area (Å²) in [4.78, 5) is 35.1. The summed E-state index contributed by atoms with van der Waals surface area (Å²) in [6.45, 7) is 2.30. The zero-order chi connectivity index (χ0) is 46.2. The number of hydrogen-bond donors (Lipinski definition) is 3. The highest BCUT2D eigenvalue weighted by molar-refractivity contribution is 7.47. The molecule has 0 amide bonds. The zero-order valence-corrected chi connectivity index (χ0v) is 40.7. The number of rotatable bonds is 46. The van der Waals surface area contributed by atoms with E-state index in [4.69, 9.17) is 23.6 Å². The van der Waals surface area contributed by atoms with Crippen molar-refractivity contribution in [1.29, 1.82) is 0 Å². The third kappa shape index (κ3) is 47.2. The monoisotopic (exact) mass is 907 g/mol. The van der Waals surface area contributed by atoms with Crippen molar-refractivity contribution < 1.29 is 47.8 Å². The van der Waals surface area contributed by atoms with Crippen LogP contribution in [0.1, 0.15) is 206 Å². The van der Waals surface area contributed by atoms with Gasteiger partial charge in [-0.3, -0.25) is 18.6 Å². The molecule has 0 spiro atoms. The Bertz CT molecular complexity index is 1270. The van der Waals surface area contributed by atoms with E-state index >= 15 is 0 Å². The molecule has 0 aliphatic carbocycles. The van der Waals surface area contributed by atoms with E-state index in [1.165, 1.54) is 109 Å². The fourth-order valence-corrected chi connectivity index (χ4v) is 7.28. The van der Waals surface area contributed by atoms with Crippen LogP contribution in [0.3, 0.4) is 0 Å². The van der Waals surface area contributed by atoms with Gasteiger partial charge in [0, 0.05) is 12.8 Å². The molecule has 11 heteroatoms. The van der Waals surface area contributed by atoms with Crippen molar-refractivity contribution in [2.24, 2.45) is 0 Å². The van der Waals surface area contributed by atoms with Gasteiger partial charge in [-0.1, -0.05) is 183 Å². The average molecular weight is 907 g/mol. The summed E-state index contributed by atoms with van der Waals surface area (Å²) < 4.78 is 32.8. The van der Waals surface area contributed by atoms with E-state index in [9.17, 15) is 24.2 Å². The van der Waals surface area contributed by atoms with Crippen molar-refractivity contribution in [3.8, 4) is 0 Å². The summed E-state index contributed by atoms with van der Waals surface area (Å²) in [6, 6.07) is 0. The van der Waals surface area contributed by atoms with Crippen LogP contribution in [0.5, 0.6) is 0 Å². The fraction of sp³-hybridized carbons (Fsp3) is 0.731. The predicted octanol–water partition coefficient (Wildman–Crippen LogP) is 14.0. The quantitative estimate of drug-likeness (QED) is 0.0233. The van der Waals surface area contributed by atoms with E-state index in [1.54, 1.807) is 0 Å². The lowest BCUT2D eigenvalue weighted by Gasteiger charge is -2.20. The van der Waals surface area contributed by atoms with Crippen LogP contribution in [0.4, 0.5) is 0 Å². The zero-order valence-electron chi connectivity index (χ0n) is 39.8. The number of aliphatic hydroxyl groups excluding tert-OH is 2. The van der Waals surface area contributed by atoms with Gasteiger partial charge in [0.05, 0.1) is 19.8 Å². The highest BCUT2D eigenvalue weighted by Crippen LogP contribution is 2.43. The second-order valence-corrected chi connectivity index (χ2v) is 17.9. The summed E-state index contributed by atoms with van der Waals surface area (Å²) in [5.74, 6) is -0.996. The number of carbonyl (C=O) groups excluding carboxylic acids is 2. The topological polar surface area (TPSA) is 149 Å². The van der Waals surface area contributed by atoms with Gasteiger partial charge in [-0.05, 0) is 83.5 Å². The van der Waals surface area contributed by atoms with Gasteiger partial charge in [-0.25, -0.2) is 4.57 Å². The van der Waals surface area contributed by atoms with Crippen molar-refractivity contribution in [1.82, 2.24) is 0 Å². The highest BCUT2D eigenvalue weighted by atomic mass is 31.2. The molecule has 0 saturated heterocycles. The molecule has 63 heavy (non-hydrogen) atoms. The molecule has 0 fully saturated rings. The minimum atomic E-state index is -4.64. The van der Waals surface area contributed by atoms with Crippen LogP contribution in [0.25, 0.3) is 0 Å². The third-order valence-corrected chi connectivity index (χ3v) is 11.3. The van der Waals surface area contributed by atoms with E-state index in [0.29, 0.717) is 19.3 Å². The first-order valence-electron chi connectivity index (χ1n) is 24.9. The molecule has 0 radical (unpaired) electrons. The van der Waals surface area contributed by atoms with E-state index in [2.05, 4.69) is 80.7 Å². The molecular formula is C52H91O10P. The number of carbonyl (C=O) groups is 2. The summed E-state index contributed by atoms with van der Waals surface area (Å²) in [5, 5.41) is 18.4. The van der Waals surface area contributed by atoms with Crippen LogP contribution in [0, 0.1) is 0 Å². The van der Waals surface area contributed by atoms with Crippen LogP contribution in [-0.4, -0.2) is 65.7 Å². The van der Waals surface area contributed by atoms with Crippen molar-refractivity contribution in [3.63, 3.8) is 0 Å². The van der Waals surface area contributed by atoms with E-state index in [-0.39, 0.29) is 19.4 Å². The molecule has 0 heterocycles. The standard InChI is InChI=1S/C52H91O10P/c1-3-5-7-9-11-13-15-17-19-21-23-24-26-27-29-31-33-35-37-39-41-43-51(55)59-47-50(48-61-63(57,58)60-46-49(54)45-53)62-52(56)44-42-40-38-36-34-32-30-28-25-22-20-18-16-14-12-10-8-6-4-2/h12,14,18-21,24,26,29,31,35,37,49-50,53-54H,3-11,13,15-17,22-23,25,27-28,30,32-34,36,38-48H2,1-2H3,(H,57,58)/b14-12+,20-18+,21-19+,26-24+,31-29+,37-35+/t49-,50+/m0/s1. The van der Waals surface area contributed by atoms with Gasteiger partial charge in [0.2, 0.25) is 0 Å². The smallest absolute Gasteiger partial charge is 0.462 e. The maximum absolute atomic E-state index is 12.7. The molecule has 0 bridgehead atoms. The van der Waals surface area contributed by atoms with E-state index in [0.717, 1.165) is 51.4 Å². The Morgan fingerprint density at radius 1 is 0.476 bits per heavy atom. The molecule has 3 atom stereocenters. The number of phosphoric acid groups is 1. The lowest BCUT2D eigenvalue weighted by atomic mass is 10.1. The molecule has 0 aliphatic heterocycles. The number of unbranched alkanes of at least 4 members (excludes halogenated alkanes) is 20. The van der Waals surface area contributed by atoms with Gasteiger partial charge in [0.15, 0.2) is 6.10 Å².